The second-order valence-electron chi connectivity index (χ2n) is 3.35. The van der Waals surface area contributed by atoms with Crippen LogP contribution in [0.15, 0.2) is 30.9 Å². The van der Waals surface area contributed by atoms with Crippen LogP contribution in [0, 0.1) is 0 Å². The molecule has 0 aliphatic heterocycles. The fourth-order valence-corrected chi connectivity index (χ4v) is 1.40. The quantitative estimate of drug-likeness (QED) is 0.818. The fourth-order valence-electron chi connectivity index (χ4n) is 1.40. The van der Waals surface area contributed by atoms with Gasteiger partial charge in [-0.15, -0.1) is 0 Å². The molecule has 0 unspecified atom stereocenters. The van der Waals surface area contributed by atoms with Crippen molar-refractivity contribution >= 4 is 11.6 Å². The number of aromatic nitrogens is 3. The van der Waals surface area contributed by atoms with Crippen LogP contribution in [0.5, 0.6) is 5.75 Å². The summed E-state index contributed by atoms with van der Waals surface area (Å²) in [4.78, 5) is 11.9. The maximum absolute atomic E-state index is 5.67. The van der Waals surface area contributed by atoms with Gasteiger partial charge in [0.25, 0.3) is 0 Å². The summed E-state index contributed by atoms with van der Waals surface area (Å²) in [5.74, 6) is 1.36. The van der Waals surface area contributed by atoms with Gasteiger partial charge in [0.15, 0.2) is 11.6 Å². The van der Waals surface area contributed by atoms with Gasteiger partial charge in [0.05, 0.1) is 7.11 Å². The molecule has 0 spiro atoms. The topological polar surface area (TPSA) is 86.0 Å². The molecule has 0 aromatic carbocycles. The zero-order valence-electron chi connectivity index (χ0n) is 9.42. The van der Waals surface area contributed by atoms with Gasteiger partial charge < -0.3 is 15.8 Å². The second kappa shape index (κ2) is 5.11. The second-order valence-corrected chi connectivity index (χ2v) is 3.35. The van der Waals surface area contributed by atoms with Crippen molar-refractivity contribution in [3.05, 3.63) is 36.4 Å². The predicted octanol–water partition coefficient (Wildman–Crippen LogP) is 1.07. The van der Waals surface area contributed by atoms with E-state index in [2.05, 4.69) is 20.3 Å². The Balaban J connectivity index is 2.12. The van der Waals surface area contributed by atoms with Crippen molar-refractivity contribution < 1.29 is 4.74 Å². The summed E-state index contributed by atoms with van der Waals surface area (Å²) in [6, 6.07) is 3.84. The van der Waals surface area contributed by atoms with Gasteiger partial charge in [-0.25, -0.2) is 9.97 Å². The smallest absolute Gasteiger partial charge is 0.203 e. The number of nitrogens with two attached hydrogens (primary N) is 1. The normalized spacial score (nSPS) is 9.94. The SMILES string of the molecule is COc1c(N)ncnc1NCc1ccncc1. The molecule has 0 aliphatic carbocycles. The first-order chi connectivity index (χ1) is 8.31. The Hall–Kier alpha value is -2.37. The van der Waals surface area contributed by atoms with E-state index in [-0.39, 0.29) is 0 Å². The number of rotatable bonds is 4. The molecule has 0 radical (unpaired) electrons. The Labute approximate surface area is 98.9 Å². The lowest BCUT2D eigenvalue weighted by Crippen LogP contribution is -2.06. The predicted molar refractivity (Wildman–Crippen MR) is 64.6 cm³/mol. The first-order valence-corrected chi connectivity index (χ1v) is 5.08. The van der Waals surface area contributed by atoms with Crippen LogP contribution in [0.1, 0.15) is 5.56 Å². The van der Waals surface area contributed by atoms with Crippen LogP contribution in [0.25, 0.3) is 0 Å². The van der Waals surface area contributed by atoms with Gasteiger partial charge in [-0.1, -0.05) is 0 Å². The Bertz CT molecular complexity index is 488. The maximum Gasteiger partial charge on any atom is 0.203 e. The lowest BCUT2D eigenvalue weighted by Gasteiger charge is -2.10. The summed E-state index contributed by atoms with van der Waals surface area (Å²) in [7, 11) is 1.53. The van der Waals surface area contributed by atoms with Crippen molar-refractivity contribution in [1.82, 2.24) is 15.0 Å². The highest BCUT2D eigenvalue weighted by Gasteiger charge is 2.08. The van der Waals surface area contributed by atoms with Crippen LogP contribution in [0.4, 0.5) is 11.6 Å². The highest BCUT2D eigenvalue weighted by molar-refractivity contribution is 5.61. The molecule has 0 fully saturated rings. The number of methoxy groups -OCH3 is 1. The maximum atomic E-state index is 5.67. The molecule has 88 valence electrons. The Kier molecular flexibility index (Phi) is 3.34. The van der Waals surface area contributed by atoms with Gasteiger partial charge in [0, 0.05) is 18.9 Å². The van der Waals surface area contributed by atoms with Crippen molar-refractivity contribution in [2.24, 2.45) is 0 Å². The van der Waals surface area contributed by atoms with Gasteiger partial charge in [-0.2, -0.15) is 0 Å². The van der Waals surface area contributed by atoms with Crippen LogP contribution in [-0.2, 0) is 6.54 Å². The molecule has 0 bridgehead atoms. The van der Waals surface area contributed by atoms with E-state index in [1.807, 2.05) is 12.1 Å². The Morgan fingerprint density at radius 3 is 2.76 bits per heavy atom. The van der Waals surface area contributed by atoms with Crippen LogP contribution in [0.3, 0.4) is 0 Å². The summed E-state index contributed by atoms with van der Waals surface area (Å²) < 4.78 is 5.14. The minimum absolute atomic E-state index is 0.319. The summed E-state index contributed by atoms with van der Waals surface area (Å²) in [5, 5.41) is 3.14. The molecule has 0 aliphatic rings. The summed E-state index contributed by atoms with van der Waals surface area (Å²) in [6.07, 6.45) is 4.87. The first kappa shape index (κ1) is 11.1. The minimum atomic E-state index is 0.319. The van der Waals surface area contributed by atoms with Crippen LogP contribution < -0.4 is 15.8 Å². The molecule has 0 saturated heterocycles. The number of ether oxygens (including phenoxy) is 1. The lowest BCUT2D eigenvalue weighted by atomic mass is 10.3. The molecule has 0 saturated carbocycles. The summed E-state index contributed by atoms with van der Waals surface area (Å²) in [6.45, 7) is 0.620. The van der Waals surface area contributed by atoms with Crippen molar-refractivity contribution in [1.29, 1.82) is 0 Å². The fraction of sp³-hybridized carbons (Fsp3) is 0.182. The van der Waals surface area contributed by atoms with Crippen molar-refractivity contribution in [3.8, 4) is 5.75 Å². The van der Waals surface area contributed by atoms with E-state index in [0.717, 1.165) is 5.56 Å². The number of nitrogen functional groups attached to an aromatic ring is 1. The van der Waals surface area contributed by atoms with Gasteiger partial charge in [-0.3, -0.25) is 4.98 Å². The molecule has 0 atom stereocenters. The summed E-state index contributed by atoms with van der Waals surface area (Å²) >= 11 is 0. The number of hydrogen-bond donors (Lipinski definition) is 2. The van der Waals surface area contributed by atoms with Crippen molar-refractivity contribution in [2.45, 2.75) is 6.54 Å². The van der Waals surface area contributed by atoms with E-state index >= 15 is 0 Å². The third-order valence-electron chi connectivity index (χ3n) is 2.24. The molecule has 6 heteroatoms. The number of pyridine rings is 1. The third-order valence-corrected chi connectivity index (χ3v) is 2.24. The molecule has 3 N–H and O–H groups in total. The van der Waals surface area contributed by atoms with Gasteiger partial charge in [0.1, 0.15) is 6.33 Å². The highest BCUT2D eigenvalue weighted by Crippen LogP contribution is 2.26. The average Bonchev–Trinajstić information content (AvgIpc) is 2.37. The van der Waals surface area contributed by atoms with E-state index < -0.39 is 0 Å². The largest absolute Gasteiger partial charge is 0.490 e. The van der Waals surface area contributed by atoms with Gasteiger partial charge >= 0.3 is 0 Å². The van der Waals surface area contributed by atoms with E-state index in [0.29, 0.717) is 23.9 Å². The monoisotopic (exact) mass is 231 g/mol. The van der Waals surface area contributed by atoms with Gasteiger partial charge in [-0.05, 0) is 17.7 Å². The van der Waals surface area contributed by atoms with Crippen LogP contribution in [-0.4, -0.2) is 22.1 Å². The third kappa shape index (κ3) is 2.60. The zero-order valence-corrected chi connectivity index (χ0v) is 9.42. The zero-order chi connectivity index (χ0) is 12.1. The highest BCUT2D eigenvalue weighted by atomic mass is 16.5. The molecule has 2 aromatic rings. The molecule has 0 amide bonds. The van der Waals surface area contributed by atoms with Crippen molar-refractivity contribution in [3.63, 3.8) is 0 Å². The number of hydrogen-bond acceptors (Lipinski definition) is 6. The lowest BCUT2D eigenvalue weighted by molar-refractivity contribution is 0.415. The molecule has 2 aromatic heterocycles. The average molecular weight is 231 g/mol. The standard InChI is InChI=1S/C11H13N5O/c1-17-9-10(12)15-7-16-11(9)14-6-8-2-4-13-5-3-8/h2-5,7H,6H2,1H3,(H3,12,14,15,16). The van der Waals surface area contributed by atoms with E-state index in [1.54, 1.807) is 12.4 Å². The van der Waals surface area contributed by atoms with E-state index in [4.69, 9.17) is 10.5 Å². The number of nitrogens with zero attached hydrogens (tertiary/aromatic N) is 3. The first-order valence-electron chi connectivity index (χ1n) is 5.08. The molecule has 2 heterocycles. The Morgan fingerprint density at radius 1 is 1.29 bits per heavy atom. The number of anilines is 2. The Morgan fingerprint density at radius 2 is 2.06 bits per heavy atom. The number of nitrogens with one attached hydrogen (secondary N) is 1. The van der Waals surface area contributed by atoms with E-state index in [1.165, 1.54) is 13.4 Å². The molecular formula is C11H13N5O. The van der Waals surface area contributed by atoms with Crippen molar-refractivity contribution in [2.75, 3.05) is 18.2 Å². The molecular weight excluding hydrogens is 218 g/mol. The van der Waals surface area contributed by atoms with Gasteiger partial charge in [0.2, 0.25) is 5.75 Å². The molecule has 17 heavy (non-hydrogen) atoms. The minimum Gasteiger partial charge on any atom is -0.490 e. The molecule has 6 nitrogen and oxygen atoms in total. The van der Waals surface area contributed by atoms with Crippen LogP contribution >= 0.6 is 0 Å². The van der Waals surface area contributed by atoms with E-state index in [9.17, 15) is 0 Å². The summed E-state index contributed by atoms with van der Waals surface area (Å²) in [5.41, 5.74) is 6.77. The molecule has 2 rings (SSSR count). The van der Waals surface area contributed by atoms with Crippen LogP contribution in [0.2, 0.25) is 0 Å².